The number of nitrogens with zero attached hydrogens (tertiary/aromatic N) is 1. The summed E-state index contributed by atoms with van der Waals surface area (Å²) in [6.07, 6.45) is 1.58. The van der Waals surface area contributed by atoms with Crippen LogP contribution in [0.4, 0.5) is 0 Å². The number of rotatable bonds is 5. The van der Waals surface area contributed by atoms with Crippen LogP contribution in [-0.2, 0) is 0 Å². The minimum Gasteiger partial charge on any atom is -0.493 e. The van der Waals surface area contributed by atoms with Crippen LogP contribution in [-0.4, -0.2) is 18.7 Å². The van der Waals surface area contributed by atoms with Crippen molar-refractivity contribution in [3.8, 4) is 5.75 Å². The summed E-state index contributed by atoms with van der Waals surface area (Å²) in [6, 6.07) is 16.5. The molecule has 4 heteroatoms. The third kappa shape index (κ3) is 3.68. The molecule has 20 heavy (non-hydrogen) atoms. The first kappa shape index (κ1) is 13.8. The third-order valence-corrected chi connectivity index (χ3v) is 2.62. The number of carbonyl (C=O) groups is 1. The van der Waals surface area contributed by atoms with Crippen LogP contribution < -0.4 is 10.2 Å². The summed E-state index contributed by atoms with van der Waals surface area (Å²) in [6.45, 7) is 2.51. The fraction of sp³-hybridized carbons (Fsp3) is 0.125. The van der Waals surface area contributed by atoms with Crippen LogP contribution in [0.5, 0.6) is 5.75 Å². The zero-order valence-corrected chi connectivity index (χ0v) is 11.2. The Bertz CT molecular complexity index is 594. The van der Waals surface area contributed by atoms with Crippen molar-refractivity contribution in [3.05, 3.63) is 65.7 Å². The summed E-state index contributed by atoms with van der Waals surface area (Å²) in [5, 5.41) is 3.96. The van der Waals surface area contributed by atoms with Crippen molar-refractivity contribution in [2.45, 2.75) is 6.92 Å². The summed E-state index contributed by atoms with van der Waals surface area (Å²) in [4.78, 5) is 11.8. The van der Waals surface area contributed by atoms with E-state index in [9.17, 15) is 4.79 Å². The number of carbonyl (C=O) groups excluding carboxylic acids is 1. The van der Waals surface area contributed by atoms with Crippen LogP contribution in [0.25, 0.3) is 0 Å². The fourth-order valence-electron chi connectivity index (χ4n) is 1.69. The number of para-hydroxylation sites is 1. The Labute approximate surface area is 118 Å². The lowest BCUT2D eigenvalue weighted by Gasteiger charge is -2.05. The highest BCUT2D eigenvalue weighted by Gasteiger charge is 2.02. The van der Waals surface area contributed by atoms with Gasteiger partial charge in [-0.25, -0.2) is 5.43 Å². The van der Waals surface area contributed by atoms with Crippen molar-refractivity contribution in [1.29, 1.82) is 0 Å². The van der Waals surface area contributed by atoms with E-state index in [2.05, 4.69) is 10.5 Å². The zero-order chi connectivity index (χ0) is 14.2. The molecule has 0 saturated heterocycles. The average molecular weight is 268 g/mol. The fourth-order valence-corrected chi connectivity index (χ4v) is 1.69. The van der Waals surface area contributed by atoms with Crippen molar-refractivity contribution >= 4 is 12.1 Å². The van der Waals surface area contributed by atoms with Crippen molar-refractivity contribution in [1.82, 2.24) is 5.43 Å². The molecule has 0 aliphatic rings. The van der Waals surface area contributed by atoms with Crippen molar-refractivity contribution in [3.63, 3.8) is 0 Å². The van der Waals surface area contributed by atoms with Crippen molar-refractivity contribution in [2.24, 2.45) is 5.10 Å². The van der Waals surface area contributed by atoms with Gasteiger partial charge >= 0.3 is 0 Å². The molecule has 0 bridgehead atoms. The smallest absolute Gasteiger partial charge is 0.271 e. The Morgan fingerprint density at radius 1 is 1.15 bits per heavy atom. The SMILES string of the molecule is CCOc1ccccc1C=NNC(=O)c1ccccc1. The molecule has 0 radical (unpaired) electrons. The molecule has 0 atom stereocenters. The van der Waals surface area contributed by atoms with E-state index in [1.54, 1.807) is 18.3 Å². The van der Waals surface area contributed by atoms with Gasteiger partial charge in [-0.3, -0.25) is 4.79 Å². The van der Waals surface area contributed by atoms with Crippen LogP contribution in [0.15, 0.2) is 59.7 Å². The normalized spacial score (nSPS) is 10.4. The molecule has 0 aliphatic heterocycles. The summed E-state index contributed by atoms with van der Waals surface area (Å²) in [5.74, 6) is 0.503. The van der Waals surface area contributed by atoms with Gasteiger partial charge in [-0.15, -0.1) is 0 Å². The minimum atomic E-state index is -0.240. The maximum Gasteiger partial charge on any atom is 0.271 e. The highest BCUT2D eigenvalue weighted by atomic mass is 16.5. The van der Waals surface area contributed by atoms with Crippen LogP contribution in [0.3, 0.4) is 0 Å². The molecular formula is C16H16N2O2. The molecule has 0 heterocycles. The lowest BCUT2D eigenvalue weighted by Crippen LogP contribution is -2.17. The van der Waals surface area contributed by atoms with Gasteiger partial charge in [0.25, 0.3) is 5.91 Å². The molecule has 1 amide bonds. The monoisotopic (exact) mass is 268 g/mol. The molecule has 0 aromatic heterocycles. The molecular weight excluding hydrogens is 252 g/mol. The molecule has 0 unspecified atom stereocenters. The highest BCUT2D eigenvalue weighted by molar-refractivity contribution is 5.95. The Kier molecular flexibility index (Phi) is 4.89. The number of hydrazone groups is 1. The molecule has 0 saturated carbocycles. The van der Waals surface area contributed by atoms with E-state index in [1.165, 1.54) is 0 Å². The predicted octanol–water partition coefficient (Wildman–Crippen LogP) is 2.85. The summed E-state index contributed by atoms with van der Waals surface area (Å²) in [5.41, 5.74) is 3.89. The van der Waals surface area contributed by atoms with E-state index in [1.807, 2.05) is 49.4 Å². The van der Waals surface area contributed by atoms with Gasteiger partial charge in [-0.1, -0.05) is 30.3 Å². The van der Waals surface area contributed by atoms with Gasteiger partial charge in [0, 0.05) is 11.1 Å². The Morgan fingerprint density at radius 2 is 1.85 bits per heavy atom. The van der Waals surface area contributed by atoms with Gasteiger partial charge in [0.2, 0.25) is 0 Å². The largest absolute Gasteiger partial charge is 0.493 e. The molecule has 2 aromatic rings. The molecule has 2 rings (SSSR count). The maximum absolute atomic E-state index is 11.8. The van der Waals surface area contributed by atoms with Gasteiger partial charge in [0.15, 0.2) is 0 Å². The number of hydrogen-bond acceptors (Lipinski definition) is 3. The van der Waals surface area contributed by atoms with Crippen LogP contribution in [0.2, 0.25) is 0 Å². The van der Waals surface area contributed by atoms with E-state index in [0.29, 0.717) is 12.2 Å². The number of nitrogens with one attached hydrogen (secondary N) is 1. The Morgan fingerprint density at radius 3 is 2.60 bits per heavy atom. The second-order valence-electron chi connectivity index (χ2n) is 4.04. The molecule has 2 aromatic carbocycles. The second-order valence-corrected chi connectivity index (χ2v) is 4.04. The summed E-state index contributed by atoms with van der Waals surface area (Å²) in [7, 11) is 0. The zero-order valence-electron chi connectivity index (χ0n) is 11.2. The molecule has 1 N–H and O–H groups in total. The number of ether oxygens (including phenoxy) is 1. The molecule has 102 valence electrons. The van der Waals surface area contributed by atoms with Gasteiger partial charge in [0.1, 0.15) is 5.75 Å². The van der Waals surface area contributed by atoms with Crippen molar-refractivity contribution in [2.75, 3.05) is 6.61 Å². The number of benzene rings is 2. The number of hydrogen-bond donors (Lipinski definition) is 1. The van der Waals surface area contributed by atoms with Crippen LogP contribution in [0, 0.1) is 0 Å². The Balaban J connectivity index is 2.02. The third-order valence-electron chi connectivity index (χ3n) is 2.62. The van der Waals surface area contributed by atoms with E-state index in [0.717, 1.165) is 11.3 Å². The first-order chi connectivity index (χ1) is 9.81. The lowest BCUT2D eigenvalue weighted by atomic mass is 10.2. The molecule has 0 fully saturated rings. The van der Waals surface area contributed by atoms with Crippen LogP contribution >= 0.6 is 0 Å². The first-order valence-electron chi connectivity index (χ1n) is 6.41. The topological polar surface area (TPSA) is 50.7 Å². The standard InChI is InChI=1S/C16H16N2O2/c1-2-20-15-11-7-6-10-14(15)12-17-18-16(19)13-8-4-3-5-9-13/h3-12H,2H2,1H3,(H,18,19). The second kappa shape index (κ2) is 7.09. The first-order valence-corrected chi connectivity index (χ1v) is 6.41. The molecule has 0 aliphatic carbocycles. The minimum absolute atomic E-state index is 0.240. The van der Waals surface area contributed by atoms with Gasteiger partial charge in [0.05, 0.1) is 12.8 Å². The maximum atomic E-state index is 11.8. The van der Waals surface area contributed by atoms with E-state index < -0.39 is 0 Å². The van der Waals surface area contributed by atoms with E-state index >= 15 is 0 Å². The van der Waals surface area contributed by atoms with E-state index in [4.69, 9.17) is 4.74 Å². The van der Waals surface area contributed by atoms with E-state index in [-0.39, 0.29) is 5.91 Å². The molecule has 0 spiro atoms. The lowest BCUT2D eigenvalue weighted by molar-refractivity contribution is 0.0955. The average Bonchev–Trinajstić information content (AvgIpc) is 2.50. The Hall–Kier alpha value is -2.62. The van der Waals surface area contributed by atoms with Gasteiger partial charge in [-0.2, -0.15) is 5.10 Å². The predicted molar refractivity (Wildman–Crippen MR) is 79.1 cm³/mol. The van der Waals surface area contributed by atoms with Crippen molar-refractivity contribution < 1.29 is 9.53 Å². The van der Waals surface area contributed by atoms with Crippen LogP contribution in [0.1, 0.15) is 22.8 Å². The van der Waals surface area contributed by atoms with Gasteiger partial charge in [-0.05, 0) is 31.2 Å². The number of amides is 1. The quantitative estimate of drug-likeness (QED) is 0.669. The summed E-state index contributed by atoms with van der Waals surface area (Å²) >= 11 is 0. The molecule has 4 nitrogen and oxygen atoms in total. The highest BCUT2D eigenvalue weighted by Crippen LogP contribution is 2.15. The van der Waals surface area contributed by atoms with Gasteiger partial charge < -0.3 is 4.74 Å². The summed E-state index contributed by atoms with van der Waals surface area (Å²) < 4.78 is 5.48.